The molecule has 1 heterocycles. The van der Waals surface area contributed by atoms with E-state index in [1.165, 1.54) is 6.92 Å². The number of rotatable bonds is 1. The van der Waals surface area contributed by atoms with Gasteiger partial charge in [0.25, 0.3) is 0 Å². The Morgan fingerprint density at radius 3 is 2.62 bits per heavy atom. The van der Waals surface area contributed by atoms with Crippen LogP contribution in [0.4, 0.5) is 0 Å². The van der Waals surface area contributed by atoms with Gasteiger partial charge in [0.1, 0.15) is 6.61 Å². The average molecular weight is 188 g/mol. The van der Waals surface area contributed by atoms with E-state index in [4.69, 9.17) is 10.2 Å². The fourth-order valence-corrected chi connectivity index (χ4v) is 0.733. The molecule has 0 aliphatic carbocycles. The molecule has 2 N–H and O–H groups in total. The van der Waals surface area contributed by atoms with Crippen molar-refractivity contribution in [3.63, 3.8) is 0 Å². The van der Waals surface area contributed by atoms with Crippen LogP contribution in [0.5, 0.6) is 0 Å². The molecule has 0 aromatic heterocycles. The molecule has 6 heteroatoms. The second-order valence-corrected chi connectivity index (χ2v) is 2.51. The Labute approximate surface area is 73.4 Å². The molecule has 1 atom stereocenters. The number of hydrogen-bond acceptors (Lipinski definition) is 6. The van der Waals surface area contributed by atoms with Gasteiger partial charge >= 0.3 is 17.9 Å². The lowest BCUT2D eigenvalue weighted by molar-refractivity contribution is -0.332. The quantitative estimate of drug-likeness (QED) is 0.495. The van der Waals surface area contributed by atoms with E-state index in [1.807, 2.05) is 0 Å². The van der Waals surface area contributed by atoms with Gasteiger partial charge in [-0.3, -0.25) is 0 Å². The smallest absolute Gasteiger partial charge is 0.393 e. The van der Waals surface area contributed by atoms with Crippen molar-refractivity contribution in [2.45, 2.75) is 12.9 Å². The molecule has 13 heavy (non-hydrogen) atoms. The monoisotopic (exact) mass is 188 g/mol. The van der Waals surface area contributed by atoms with Gasteiger partial charge in [-0.15, -0.1) is 0 Å². The topological polar surface area (TPSA) is 93.1 Å². The van der Waals surface area contributed by atoms with Gasteiger partial charge in [0.15, 0.2) is 0 Å². The highest BCUT2D eigenvalue weighted by molar-refractivity contribution is 5.97. The Morgan fingerprint density at radius 2 is 2.08 bits per heavy atom. The maximum atomic E-state index is 10.9. The predicted octanol–water partition coefficient (Wildman–Crippen LogP) is -1.33. The number of ether oxygens (including phenoxy) is 2. The largest absolute Gasteiger partial charge is 0.398 e. The van der Waals surface area contributed by atoms with Gasteiger partial charge in [0.05, 0.1) is 0 Å². The van der Waals surface area contributed by atoms with Crippen LogP contribution in [-0.2, 0) is 19.1 Å². The first-order valence-corrected chi connectivity index (χ1v) is 3.45. The van der Waals surface area contributed by atoms with Crippen LogP contribution in [0.25, 0.3) is 0 Å². The molecule has 1 rings (SSSR count). The molecule has 0 saturated heterocycles. The van der Waals surface area contributed by atoms with Gasteiger partial charge in [-0.2, -0.15) is 0 Å². The second-order valence-electron chi connectivity index (χ2n) is 2.51. The lowest BCUT2D eigenvalue weighted by atomic mass is 10.3. The molecule has 0 amide bonds. The molecule has 0 radical (unpaired) electrons. The molecular weight excluding hydrogens is 180 g/mol. The summed E-state index contributed by atoms with van der Waals surface area (Å²) in [5.41, 5.74) is -0.00521. The van der Waals surface area contributed by atoms with Crippen molar-refractivity contribution < 1.29 is 29.3 Å². The minimum Gasteiger partial charge on any atom is -0.393 e. The van der Waals surface area contributed by atoms with Gasteiger partial charge in [0.2, 0.25) is 0 Å². The summed E-state index contributed by atoms with van der Waals surface area (Å²) < 4.78 is 8.52. The van der Waals surface area contributed by atoms with E-state index in [0.717, 1.165) is 6.08 Å². The van der Waals surface area contributed by atoms with E-state index >= 15 is 0 Å². The van der Waals surface area contributed by atoms with Crippen molar-refractivity contribution in [2.75, 3.05) is 6.61 Å². The van der Waals surface area contributed by atoms with E-state index < -0.39 is 24.5 Å². The van der Waals surface area contributed by atoms with E-state index in [1.54, 1.807) is 0 Å². The summed E-state index contributed by atoms with van der Waals surface area (Å²) in [7, 11) is 0. The zero-order valence-corrected chi connectivity index (χ0v) is 6.81. The molecular formula is C7H8O6. The number of carbonyl (C=O) groups excluding carboxylic acids is 2. The van der Waals surface area contributed by atoms with Crippen LogP contribution in [0.2, 0.25) is 0 Å². The molecule has 0 saturated carbocycles. The first-order valence-electron chi connectivity index (χ1n) is 3.45. The third-order valence-corrected chi connectivity index (χ3v) is 1.37. The zero-order valence-electron chi connectivity index (χ0n) is 6.81. The summed E-state index contributed by atoms with van der Waals surface area (Å²) in [6.07, 6.45) is 0.871. The highest BCUT2D eigenvalue weighted by Gasteiger charge is 2.38. The van der Waals surface area contributed by atoms with Crippen molar-refractivity contribution in [1.29, 1.82) is 0 Å². The lowest BCUT2D eigenvalue weighted by Crippen LogP contribution is -2.41. The number of carbonyl (C=O) groups is 2. The zero-order chi connectivity index (χ0) is 10.1. The first kappa shape index (κ1) is 9.69. The summed E-state index contributed by atoms with van der Waals surface area (Å²) in [4.78, 5) is 21.8. The molecule has 0 spiro atoms. The van der Waals surface area contributed by atoms with Crippen molar-refractivity contribution in [1.82, 2.24) is 0 Å². The third-order valence-electron chi connectivity index (χ3n) is 1.37. The van der Waals surface area contributed by atoms with Gasteiger partial charge in [-0.05, 0) is 6.92 Å². The molecule has 0 bridgehead atoms. The van der Waals surface area contributed by atoms with Crippen molar-refractivity contribution >= 4 is 11.9 Å². The van der Waals surface area contributed by atoms with Crippen LogP contribution >= 0.6 is 0 Å². The standard InChI is InChI=1S/C7H8O6/c1-4-2-5(9)12-7(11,3-8)13-6(4)10/h2,8,11H,3H2,1H3. The van der Waals surface area contributed by atoms with E-state index in [9.17, 15) is 9.59 Å². The number of hydrogen-bond donors (Lipinski definition) is 2. The molecule has 0 fully saturated rings. The second kappa shape index (κ2) is 3.15. The van der Waals surface area contributed by atoms with Crippen LogP contribution in [0.3, 0.4) is 0 Å². The van der Waals surface area contributed by atoms with Crippen molar-refractivity contribution in [3.05, 3.63) is 11.6 Å². The van der Waals surface area contributed by atoms with Gasteiger partial charge in [0, 0.05) is 11.6 Å². The molecule has 1 aliphatic heterocycles. The third kappa shape index (κ3) is 2.04. The summed E-state index contributed by atoms with van der Waals surface area (Å²) in [6, 6.07) is 0. The SMILES string of the molecule is CC1=CC(=O)OC(O)(CO)OC1=O. The minimum absolute atomic E-state index is 0.00521. The molecule has 0 aromatic carbocycles. The van der Waals surface area contributed by atoms with Crippen molar-refractivity contribution in [2.24, 2.45) is 0 Å². The highest BCUT2D eigenvalue weighted by Crippen LogP contribution is 2.16. The van der Waals surface area contributed by atoms with E-state index in [0.29, 0.717) is 0 Å². The van der Waals surface area contributed by atoms with Crippen LogP contribution in [0, 0.1) is 0 Å². The Balaban J connectivity index is 2.94. The van der Waals surface area contributed by atoms with E-state index in [-0.39, 0.29) is 5.57 Å². The Morgan fingerprint density at radius 1 is 1.46 bits per heavy atom. The van der Waals surface area contributed by atoms with Crippen LogP contribution in [0.15, 0.2) is 11.6 Å². The molecule has 6 nitrogen and oxygen atoms in total. The summed E-state index contributed by atoms with van der Waals surface area (Å²) in [5.74, 6) is -4.43. The number of esters is 2. The Kier molecular flexibility index (Phi) is 2.35. The highest BCUT2D eigenvalue weighted by atomic mass is 16.8. The van der Waals surface area contributed by atoms with Gasteiger partial charge in [-0.25, -0.2) is 9.59 Å². The normalized spacial score (nSPS) is 28.7. The molecule has 1 unspecified atom stereocenters. The first-order chi connectivity index (χ1) is 5.97. The Bertz CT molecular complexity index is 281. The fraction of sp³-hybridized carbons (Fsp3) is 0.429. The molecule has 0 aromatic rings. The number of cyclic esters (lactones) is 2. The van der Waals surface area contributed by atoms with Gasteiger partial charge in [-0.1, -0.05) is 0 Å². The van der Waals surface area contributed by atoms with Crippen molar-refractivity contribution in [3.8, 4) is 0 Å². The summed E-state index contributed by atoms with van der Waals surface area (Å²) >= 11 is 0. The van der Waals surface area contributed by atoms with Crippen LogP contribution in [0.1, 0.15) is 6.92 Å². The maximum Gasteiger partial charge on any atom is 0.398 e. The molecule has 72 valence electrons. The maximum absolute atomic E-state index is 10.9. The van der Waals surface area contributed by atoms with Crippen LogP contribution in [-0.4, -0.2) is 34.7 Å². The lowest BCUT2D eigenvalue weighted by Gasteiger charge is -2.21. The average Bonchev–Trinajstić information content (AvgIpc) is 2.11. The summed E-state index contributed by atoms with van der Waals surface area (Å²) in [5, 5.41) is 17.7. The minimum atomic E-state index is -2.57. The van der Waals surface area contributed by atoms with E-state index in [2.05, 4.69) is 9.47 Å². The number of aliphatic hydroxyl groups excluding tert-OH is 1. The Hall–Kier alpha value is -1.40. The number of aliphatic hydroxyl groups is 2. The van der Waals surface area contributed by atoms with Crippen LogP contribution < -0.4 is 0 Å². The predicted molar refractivity (Wildman–Crippen MR) is 38.0 cm³/mol. The fourth-order valence-electron chi connectivity index (χ4n) is 0.733. The molecule has 1 aliphatic rings. The summed E-state index contributed by atoms with van der Waals surface area (Å²) in [6.45, 7) is 0.318. The van der Waals surface area contributed by atoms with Gasteiger partial charge < -0.3 is 19.7 Å².